The molecule has 2 aromatic heterocycles. The van der Waals surface area contributed by atoms with Crippen LogP contribution in [0.5, 0.6) is 0 Å². The Balaban J connectivity index is 1.83. The topological polar surface area (TPSA) is 72.0 Å². The molecule has 0 fully saturated rings. The van der Waals surface area contributed by atoms with E-state index in [1.807, 2.05) is 0 Å². The molecule has 0 atom stereocenters. The van der Waals surface area contributed by atoms with Crippen LogP contribution in [0.15, 0.2) is 72.0 Å². The van der Waals surface area contributed by atoms with Crippen molar-refractivity contribution in [1.82, 2.24) is 14.7 Å². The number of sulfonamides is 1. The molecule has 0 aliphatic rings. The van der Waals surface area contributed by atoms with E-state index in [-0.39, 0.29) is 6.54 Å². The van der Waals surface area contributed by atoms with E-state index in [9.17, 15) is 21.6 Å². The molecular weight excluding hydrogens is 379 g/mol. The number of pyridine rings is 2. The zero-order chi connectivity index (χ0) is 19.5. The second kappa shape index (κ2) is 7.45. The van der Waals surface area contributed by atoms with Crippen LogP contribution in [0.4, 0.5) is 13.2 Å². The van der Waals surface area contributed by atoms with Gasteiger partial charge in [0.05, 0.1) is 16.2 Å². The Morgan fingerprint density at radius 3 is 2.48 bits per heavy atom. The lowest BCUT2D eigenvalue weighted by Gasteiger charge is -2.14. The number of hydrogen-bond donors (Lipinski definition) is 1. The first-order chi connectivity index (χ1) is 12.8. The number of benzene rings is 1. The minimum atomic E-state index is -4.77. The lowest BCUT2D eigenvalue weighted by Crippen LogP contribution is -2.26. The van der Waals surface area contributed by atoms with Gasteiger partial charge in [-0.05, 0) is 42.0 Å². The zero-order valence-electron chi connectivity index (χ0n) is 13.8. The minimum absolute atomic E-state index is 0.176. The number of aromatic nitrogens is 2. The molecule has 140 valence electrons. The van der Waals surface area contributed by atoms with E-state index in [0.29, 0.717) is 11.3 Å². The molecule has 1 N–H and O–H groups in total. The molecule has 0 unspecified atom stereocenters. The SMILES string of the molecule is O=S(=O)(NCc1ccnc(-c2cccnc2)c1)c1ccccc1C(F)(F)F. The van der Waals surface area contributed by atoms with E-state index in [1.54, 1.807) is 36.7 Å². The van der Waals surface area contributed by atoms with Gasteiger partial charge in [0.15, 0.2) is 0 Å². The summed E-state index contributed by atoms with van der Waals surface area (Å²) in [6, 6.07) is 10.8. The van der Waals surface area contributed by atoms with Gasteiger partial charge >= 0.3 is 6.18 Å². The fraction of sp³-hybridized carbons (Fsp3) is 0.111. The average molecular weight is 393 g/mol. The summed E-state index contributed by atoms with van der Waals surface area (Å²) in [5.41, 5.74) is 0.667. The average Bonchev–Trinajstić information content (AvgIpc) is 2.67. The van der Waals surface area contributed by atoms with Gasteiger partial charge in [-0.1, -0.05) is 12.1 Å². The number of nitrogens with zero attached hydrogens (tertiary/aromatic N) is 2. The van der Waals surface area contributed by atoms with Crippen molar-refractivity contribution in [3.8, 4) is 11.3 Å². The van der Waals surface area contributed by atoms with Crippen LogP contribution in [0.25, 0.3) is 11.3 Å². The third-order valence-corrected chi connectivity index (χ3v) is 5.19. The fourth-order valence-electron chi connectivity index (χ4n) is 2.45. The maximum atomic E-state index is 13.1. The van der Waals surface area contributed by atoms with Gasteiger partial charge in [0, 0.05) is 30.7 Å². The highest BCUT2D eigenvalue weighted by atomic mass is 32.2. The number of rotatable bonds is 5. The third-order valence-electron chi connectivity index (χ3n) is 3.73. The fourth-order valence-corrected chi connectivity index (χ4v) is 3.69. The van der Waals surface area contributed by atoms with Gasteiger partial charge in [0.2, 0.25) is 10.0 Å². The quantitative estimate of drug-likeness (QED) is 0.718. The maximum absolute atomic E-state index is 13.1. The molecule has 0 aliphatic carbocycles. The van der Waals surface area contributed by atoms with Crippen molar-refractivity contribution in [3.05, 3.63) is 78.2 Å². The second-order valence-electron chi connectivity index (χ2n) is 5.61. The van der Waals surface area contributed by atoms with Gasteiger partial charge in [-0.2, -0.15) is 13.2 Å². The van der Waals surface area contributed by atoms with Crippen LogP contribution in [0.2, 0.25) is 0 Å². The predicted molar refractivity (Wildman–Crippen MR) is 92.9 cm³/mol. The molecule has 2 heterocycles. The Kier molecular flexibility index (Phi) is 5.24. The minimum Gasteiger partial charge on any atom is -0.264 e. The summed E-state index contributed by atoms with van der Waals surface area (Å²) in [6.45, 7) is -0.176. The van der Waals surface area contributed by atoms with E-state index in [0.717, 1.165) is 23.8 Å². The predicted octanol–water partition coefficient (Wildman–Crippen LogP) is 3.64. The molecule has 1 aromatic carbocycles. The van der Waals surface area contributed by atoms with Crippen LogP contribution in [-0.2, 0) is 22.7 Å². The van der Waals surface area contributed by atoms with Crippen LogP contribution >= 0.6 is 0 Å². The molecule has 27 heavy (non-hydrogen) atoms. The summed E-state index contributed by atoms with van der Waals surface area (Å²) < 4.78 is 66.2. The molecule has 0 radical (unpaired) electrons. The first-order valence-corrected chi connectivity index (χ1v) is 9.27. The van der Waals surface area contributed by atoms with E-state index in [1.165, 1.54) is 12.3 Å². The van der Waals surface area contributed by atoms with E-state index < -0.39 is 26.7 Å². The standard InChI is InChI=1S/C18H14F3N3O2S/c19-18(20,21)15-5-1-2-6-17(15)27(25,26)24-11-13-7-9-23-16(10-13)14-4-3-8-22-12-14/h1-10,12,24H,11H2. The number of hydrogen-bond acceptors (Lipinski definition) is 4. The van der Waals surface area contributed by atoms with Crippen molar-refractivity contribution < 1.29 is 21.6 Å². The van der Waals surface area contributed by atoms with Crippen molar-refractivity contribution in [3.63, 3.8) is 0 Å². The normalized spacial score (nSPS) is 12.1. The highest BCUT2D eigenvalue weighted by Crippen LogP contribution is 2.33. The van der Waals surface area contributed by atoms with Crippen LogP contribution in [0.1, 0.15) is 11.1 Å². The highest BCUT2D eigenvalue weighted by Gasteiger charge is 2.36. The Bertz CT molecular complexity index is 1040. The summed E-state index contributed by atoms with van der Waals surface area (Å²) in [5.74, 6) is 0. The first-order valence-electron chi connectivity index (χ1n) is 7.78. The van der Waals surface area contributed by atoms with Crippen molar-refractivity contribution in [1.29, 1.82) is 0 Å². The summed E-state index contributed by atoms with van der Waals surface area (Å²) in [5, 5.41) is 0. The highest BCUT2D eigenvalue weighted by molar-refractivity contribution is 7.89. The molecule has 0 saturated carbocycles. The monoisotopic (exact) mass is 393 g/mol. The van der Waals surface area contributed by atoms with Gasteiger partial charge in [0.25, 0.3) is 0 Å². The zero-order valence-corrected chi connectivity index (χ0v) is 14.6. The summed E-state index contributed by atoms with van der Waals surface area (Å²) in [7, 11) is -4.35. The molecule has 0 amide bonds. The third kappa shape index (κ3) is 4.50. The lowest BCUT2D eigenvalue weighted by molar-refractivity contribution is -0.139. The molecule has 5 nitrogen and oxygen atoms in total. The molecule has 3 rings (SSSR count). The Labute approximate surface area is 154 Å². The first kappa shape index (κ1) is 19.0. The summed E-state index contributed by atoms with van der Waals surface area (Å²) in [4.78, 5) is 7.38. The van der Waals surface area contributed by atoms with Gasteiger partial charge in [0.1, 0.15) is 0 Å². The van der Waals surface area contributed by atoms with Gasteiger partial charge in [-0.25, -0.2) is 13.1 Å². The Hall–Kier alpha value is -2.78. The van der Waals surface area contributed by atoms with Gasteiger partial charge < -0.3 is 0 Å². The molecule has 0 spiro atoms. The molecular formula is C18H14F3N3O2S. The van der Waals surface area contributed by atoms with E-state index >= 15 is 0 Å². The summed E-state index contributed by atoms with van der Waals surface area (Å²) in [6.07, 6.45) is -0.0550. The molecule has 0 saturated heterocycles. The Morgan fingerprint density at radius 1 is 1.00 bits per heavy atom. The molecule has 9 heteroatoms. The van der Waals surface area contributed by atoms with Crippen molar-refractivity contribution in [2.75, 3.05) is 0 Å². The van der Waals surface area contributed by atoms with E-state index in [4.69, 9.17) is 0 Å². The maximum Gasteiger partial charge on any atom is 0.417 e. The second-order valence-corrected chi connectivity index (χ2v) is 7.34. The largest absolute Gasteiger partial charge is 0.417 e. The van der Waals surface area contributed by atoms with Crippen LogP contribution in [0, 0.1) is 0 Å². The van der Waals surface area contributed by atoms with Crippen molar-refractivity contribution >= 4 is 10.0 Å². The Morgan fingerprint density at radius 2 is 1.78 bits per heavy atom. The number of halogens is 3. The van der Waals surface area contributed by atoms with Crippen molar-refractivity contribution in [2.45, 2.75) is 17.6 Å². The van der Waals surface area contributed by atoms with Crippen molar-refractivity contribution in [2.24, 2.45) is 0 Å². The molecule has 0 bridgehead atoms. The van der Waals surface area contributed by atoms with Crippen LogP contribution in [-0.4, -0.2) is 18.4 Å². The molecule has 0 aliphatic heterocycles. The smallest absolute Gasteiger partial charge is 0.264 e. The van der Waals surface area contributed by atoms with Gasteiger partial charge in [-0.15, -0.1) is 0 Å². The van der Waals surface area contributed by atoms with Crippen LogP contribution < -0.4 is 4.72 Å². The van der Waals surface area contributed by atoms with Gasteiger partial charge in [-0.3, -0.25) is 9.97 Å². The number of alkyl halides is 3. The lowest BCUT2D eigenvalue weighted by atomic mass is 10.1. The van der Waals surface area contributed by atoms with E-state index in [2.05, 4.69) is 14.7 Å². The van der Waals surface area contributed by atoms with Crippen LogP contribution in [0.3, 0.4) is 0 Å². The summed E-state index contributed by atoms with van der Waals surface area (Å²) >= 11 is 0. The number of nitrogens with one attached hydrogen (secondary N) is 1. The molecule has 3 aromatic rings.